The van der Waals surface area contributed by atoms with Crippen molar-refractivity contribution in [3.05, 3.63) is 29.7 Å². The predicted octanol–water partition coefficient (Wildman–Crippen LogP) is 0.880. The van der Waals surface area contributed by atoms with Gasteiger partial charge in [-0.1, -0.05) is 0 Å². The molecular weight excluding hydrogens is 241 g/mol. The van der Waals surface area contributed by atoms with Gasteiger partial charge < -0.3 is 5.73 Å². The molecular formula is C10H10FN5S. The molecule has 0 saturated carbocycles. The highest BCUT2D eigenvalue weighted by atomic mass is 32.1. The van der Waals surface area contributed by atoms with E-state index in [1.807, 2.05) is 0 Å². The highest BCUT2D eigenvalue weighted by Crippen LogP contribution is 2.17. The molecule has 0 aliphatic heterocycles. The second-order valence-electron chi connectivity index (χ2n) is 3.43. The minimum Gasteiger partial charge on any atom is -0.375 e. The molecule has 0 spiro atoms. The number of nitrogens with two attached hydrogens (primary N) is 1. The summed E-state index contributed by atoms with van der Waals surface area (Å²) >= 11 is 4.57. The third-order valence-corrected chi connectivity index (χ3v) is 2.33. The Morgan fingerprint density at radius 2 is 2.41 bits per heavy atom. The summed E-state index contributed by atoms with van der Waals surface area (Å²) in [5.74, 6) is -0.376. The van der Waals surface area contributed by atoms with E-state index in [2.05, 4.69) is 27.8 Å². The van der Waals surface area contributed by atoms with Gasteiger partial charge in [0.1, 0.15) is 5.82 Å². The first-order valence-electron chi connectivity index (χ1n) is 4.77. The lowest BCUT2D eigenvalue weighted by molar-refractivity contribution is 0.627. The third-order valence-electron chi connectivity index (χ3n) is 2.24. The van der Waals surface area contributed by atoms with Crippen LogP contribution >= 0.6 is 12.2 Å². The molecule has 0 radical (unpaired) electrons. The van der Waals surface area contributed by atoms with Crippen LogP contribution < -0.4 is 11.2 Å². The van der Waals surface area contributed by atoms with Gasteiger partial charge in [-0.3, -0.25) is 10.1 Å². The summed E-state index contributed by atoms with van der Waals surface area (Å²) in [5, 5.41) is 8.52. The molecule has 17 heavy (non-hydrogen) atoms. The van der Waals surface area contributed by atoms with E-state index >= 15 is 0 Å². The molecule has 0 unspecified atom stereocenters. The number of nitrogens with one attached hydrogen (secondary N) is 1. The van der Waals surface area contributed by atoms with Crippen LogP contribution in [0.3, 0.4) is 0 Å². The summed E-state index contributed by atoms with van der Waals surface area (Å²) in [6.45, 7) is 0. The number of rotatable bonds is 2. The van der Waals surface area contributed by atoms with Gasteiger partial charge >= 0.3 is 0 Å². The Morgan fingerprint density at radius 3 is 3.12 bits per heavy atom. The monoisotopic (exact) mass is 251 g/mol. The maximum Gasteiger partial charge on any atom is 0.184 e. The van der Waals surface area contributed by atoms with Crippen molar-refractivity contribution in [2.75, 3.05) is 0 Å². The van der Waals surface area contributed by atoms with Crippen molar-refractivity contribution >= 4 is 34.4 Å². The summed E-state index contributed by atoms with van der Waals surface area (Å²) in [7, 11) is 1.79. The van der Waals surface area contributed by atoms with E-state index in [0.717, 1.165) is 10.9 Å². The fraction of sp³-hybridized carbons (Fsp3) is 0.100. The van der Waals surface area contributed by atoms with Crippen LogP contribution in [0, 0.1) is 5.82 Å². The van der Waals surface area contributed by atoms with Crippen molar-refractivity contribution < 1.29 is 4.39 Å². The fourth-order valence-corrected chi connectivity index (χ4v) is 1.51. The highest BCUT2D eigenvalue weighted by molar-refractivity contribution is 7.80. The molecule has 2 rings (SSSR count). The van der Waals surface area contributed by atoms with E-state index in [4.69, 9.17) is 5.73 Å². The zero-order chi connectivity index (χ0) is 12.4. The third kappa shape index (κ3) is 2.39. The first-order chi connectivity index (χ1) is 8.08. The Bertz CT molecular complexity index is 604. The number of hydrogen-bond acceptors (Lipinski definition) is 3. The zero-order valence-corrected chi connectivity index (χ0v) is 9.83. The molecule has 2 aromatic rings. The van der Waals surface area contributed by atoms with Gasteiger partial charge in [-0.2, -0.15) is 10.2 Å². The van der Waals surface area contributed by atoms with Gasteiger partial charge in [0.15, 0.2) is 5.11 Å². The molecule has 1 heterocycles. The smallest absolute Gasteiger partial charge is 0.184 e. The van der Waals surface area contributed by atoms with Crippen LogP contribution in [0.15, 0.2) is 23.4 Å². The molecule has 0 aliphatic rings. The molecule has 88 valence electrons. The second-order valence-corrected chi connectivity index (χ2v) is 3.87. The Balaban J connectivity index is 2.39. The lowest BCUT2D eigenvalue weighted by Gasteiger charge is -1.99. The van der Waals surface area contributed by atoms with Gasteiger partial charge in [-0.05, 0) is 24.4 Å². The standard InChI is InChI=1S/C10H10FN5S/c1-16-9-3-6(4-13-15-10(12)17)8(11)2-7(9)5-14-16/h2-5H,1H3,(H3,12,15,17). The number of benzene rings is 1. The number of halogens is 1. The minimum atomic E-state index is -0.376. The zero-order valence-electron chi connectivity index (χ0n) is 9.01. The number of thiocarbonyl (C=S) groups is 1. The maximum absolute atomic E-state index is 13.6. The van der Waals surface area contributed by atoms with E-state index in [9.17, 15) is 4.39 Å². The highest BCUT2D eigenvalue weighted by Gasteiger charge is 2.05. The average Bonchev–Trinajstić information content (AvgIpc) is 2.60. The van der Waals surface area contributed by atoms with Gasteiger partial charge in [0, 0.05) is 18.0 Å². The molecule has 0 amide bonds. The Hall–Kier alpha value is -2.02. The number of aromatic nitrogens is 2. The lowest BCUT2D eigenvalue weighted by Crippen LogP contribution is -2.24. The van der Waals surface area contributed by atoms with Crippen molar-refractivity contribution in [3.8, 4) is 0 Å². The number of aryl methyl sites for hydroxylation is 1. The predicted molar refractivity (Wildman–Crippen MR) is 68.2 cm³/mol. The van der Waals surface area contributed by atoms with Crippen LogP contribution in [0.2, 0.25) is 0 Å². The Morgan fingerprint density at radius 1 is 1.65 bits per heavy atom. The summed E-state index contributed by atoms with van der Waals surface area (Å²) in [5.41, 5.74) is 8.72. The van der Waals surface area contributed by atoms with Crippen molar-refractivity contribution in [1.29, 1.82) is 0 Å². The van der Waals surface area contributed by atoms with E-state index in [1.165, 1.54) is 12.3 Å². The van der Waals surface area contributed by atoms with Crippen LogP contribution in [0.5, 0.6) is 0 Å². The lowest BCUT2D eigenvalue weighted by atomic mass is 10.1. The molecule has 7 heteroatoms. The molecule has 0 aliphatic carbocycles. The molecule has 0 atom stereocenters. The van der Waals surface area contributed by atoms with Crippen molar-refractivity contribution in [2.45, 2.75) is 0 Å². The SMILES string of the molecule is Cn1ncc2cc(F)c(C=NNC(N)=S)cc21. The average molecular weight is 251 g/mol. The van der Waals surface area contributed by atoms with Gasteiger partial charge in [-0.15, -0.1) is 0 Å². The fourth-order valence-electron chi connectivity index (χ4n) is 1.45. The van der Waals surface area contributed by atoms with E-state index in [1.54, 1.807) is 24.0 Å². The van der Waals surface area contributed by atoms with Crippen LogP contribution in [0.1, 0.15) is 5.56 Å². The first-order valence-corrected chi connectivity index (χ1v) is 5.18. The number of nitrogens with zero attached hydrogens (tertiary/aromatic N) is 3. The summed E-state index contributed by atoms with van der Waals surface area (Å²) in [6.07, 6.45) is 2.92. The van der Waals surface area contributed by atoms with Gasteiger partial charge in [0.25, 0.3) is 0 Å². The van der Waals surface area contributed by atoms with E-state index in [-0.39, 0.29) is 10.9 Å². The molecule has 1 aromatic heterocycles. The summed E-state index contributed by atoms with van der Waals surface area (Å²) < 4.78 is 15.3. The quantitative estimate of drug-likeness (QED) is 0.472. The number of fused-ring (bicyclic) bond motifs is 1. The van der Waals surface area contributed by atoms with E-state index in [0.29, 0.717) is 5.56 Å². The molecule has 1 aromatic carbocycles. The minimum absolute atomic E-state index is 0.0308. The van der Waals surface area contributed by atoms with Crippen LogP contribution in [0.4, 0.5) is 4.39 Å². The van der Waals surface area contributed by atoms with Gasteiger partial charge in [0.05, 0.1) is 17.9 Å². The normalized spacial score (nSPS) is 11.2. The molecule has 0 bridgehead atoms. The van der Waals surface area contributed by atoms with E-state index < -0.39 is 0 Å². The number of hydrazone groups is 1. The molecule has 3 N–H and O–H groups in total. The Labute approximate surface area is 102 Å². The topological polar surface area (TPSA) is 68.2 Å². The summed E-state index contributed by atoms with van der Waals surface area (Å²) in [4.78, 5) is 0. The van der Waals surface area contributed by atoms with Crippen LogP contribution in [-0.2, 0) is 7.05 Å². The van der Waals surface area contributed by atoms with Gasteiger partial charge in [-0.25, -0.2) is 4.39 Å². The molecule has 5 nitrogen and oxygen atoms in total. The second kappa shape index (κ2) is 4.46. The number of hydrogen-bond donors (Lipinski definition) is 2. The maximum atomic E-state index is 13.6. The van der Waals surface area contributed by atoms with Crippen molar-refractivity contribution in [2.24, 2.45) is 17.9 Å². The molecule has 0 saturated heterocycles. The Kier molecular flexibility index (Phi) is 3.01. The van der Waals surface area contributed by atoms with Crippen LogP contribution in [-0.4, -0.2) is 21.1 Å². The van der Waals surface area contributed by atoms with Crippen molar-refractivity contribution in [3.63, 3.8) is 0 Å². The van der Waals surface area contributed by atoms with Crippen molar-refractivity contribution in [1.82, 2.24) is 15.2 Å². The van der Waals surface area contributed by atoms with Crippen LogP contribution in [0.25, 0.3) is 10.9 Å². The summed E-state index contributed by atoms with van der Waals surface area (Å²) in [6, 6.07) is 3.06. The van der Waals surface area contributed by atoms with Gasteiger partial charge in [0.2, 0.25) is 0 Å². The molecule has 0 fully saturated rings. The largest absolute Gasteiger partial charge is 0.375 e. The first kappa shape index (κ1) is 11.5.